The molecule has 5 nitrogen and oxygen atoms in total. The minimum absolute atomic E-state index is 0.00630. The van der Waals surface area contributed by atoms with Gasteiger partial charge in [0.05, 0.1) is 39.2 Å². The molecule has 0 saturated carbocycles. The van der Waals surface area contributed by atoms with Gasteiger partial charge in [0.25, 0.3) is 0 Å². The van der Waals surface area contributed by atoms with Crippen LogP contribution in [0.15, 0.2) is 233 Å². The summed E-state index contributed by atoms with van der Waals surface area (Å²) in [5.41, 5.74) is 13.3. The number of aromatic nitrogens is 2. The van der Waals surface area contributed by atoms with E-state index in [0.29, 0.717) is 5.84 Å². The summed E-state index contributed by atoms with van der Waals surface area (Å²) in [6.45, 7) is 2.32. The third kappa shape index (κ3) is 5.95. The summed E-state index contributed by atoms with van der Waals surface area (Å²) in [5.74, 6) is 0.665. The molecule has 0 N–H and O–H groups in total. The van der Waals surface area contributed by atoms with Crippen molar-refractivity contribution in [1.82, 2.24) is 9.13 Å². The van der Waals surface area contributed by atoms with E-state index >= 15 is 0 Å². The number of para-hydroxylation sites is 3. The van der Waals surface area contributed by atoms with Crippen molar-refractivity contribution < 1.29 is 4.42 Å². The van der Waals surface area contributed by atoms with Gasteiger partial charge in [-0.3, -0.25) is 0 Å². The fourth-order valence-corrected chi connectivity index (χ4v) is 10.9. The summed E-state index contributed by atoms with van der Waals surface area (Å²) >= 11 is 0. The highest BCUT2D eigenvalue weighted by atomic mass is 16.3. The fourth-order valence-electron chi connectivity index (χ4n) is 10.9. The SMILES string of the molecule is CC1C/C=C(c2ccccc2)/N=C(c2cccc3c2c2ccccc2n3-c2ccccc2)\N=C/1c1cc2c(cc1-n1c3cc4ccccc4cc3c3cc4ccccc4cc31)oc1ccccc12. The minimum atomic E-state index is -0.00630. The van der Waals surface area contributed by atoms with Gasteiger partial charge in [-0.2, -0.15) is 0 Å². The average molecular weight is 871 g/mol. The van der Waals surface area contributed by atoms with Crippen molar-refractivity contribution in [3.8, 4) is 11.4 Å². The van der Waals surface area contributed by atoms with Crippen molar-refractivity contribution in [3.05, 3.63) is 235 Å². The second kappa shape index (κ2) is 15.1. The number of nitrogens with zero attached hydrogens (tertiary/aromatic N) is 4. The molecule has 1 aliphatic rings. The van der Waals surface area contributed by atoms with Gasteiger partial charge in [0.15, 0.2) is 5.84 Å². The van der Waals surface area contributed by atoms with Crippen molar-refractivity contribution in [1.29, 1.82) is 0 Å². The lowest BCUT2D eigenvalue weighted by atomic mass is 9.91. The van der Waals surface area contributed by atoms with Crippen LogP contribution in [0.2, 0.25) is 0 Å². The van der Waals surface area contributed by atoms with E-state index < -0.39 is 0 Å². The number of aliphatic imine (C=N–C) groups is 2. The van der Waals surface area contributed by atoms with E-state index in [2.05, 4.69) is 228 Å². The number of furan rings is 1. The predicted molar refractivity (Wildman–Crippen MR) is 285 cm³/mol. The van der Waals surface area contributed by atoms with Crippen molar-refractivity contribution in [2.24, 2.45) is 15.9 Å². The van der Waals surface area contributed by atoms with Crippen LogP contribution in [0, 0.1) is 5.92 Å². The van der Waals surface area contributed by atoms with Crippen molar-refractivity contribution in [2.75, 3.05) is 0 Å². The average Bonchev–Trinajstić information content (AvgIpc) is 4.03. The Hall–Kier alpha value is -8.80. The van der Waals surface area contributed by atoms with E-state index in [1.807, 2.05) is 6.07 Å². The van der Waals surface area contributed by atoms with Crippen LogP contribution < -0.4 is 0 Å². The highest BCUT2D eigenvalue weighted by Gasteiger charge is 2.27. The molecule has 0 amide bonds. The van der Waals surface area contributed by atoms with Gasteiger partial charge in [-0.15, -0.1) is 0 Å². The number of hydrogen-bond donors (Lipinski definition) is 0. The van der Waals surface area contributed by atoms with Crippen LogP contribution in [0.25, 0.3) is 104 Å². The largest absolute Gasteiger partial charge is 0.456 e. The number of allylic oxidation sites excluding steroid dienone is 1. The highest BCUT2D eigenvalue weighted by Crippen LogP contribution is 2.42. The Morgan fingerprint density at radius 1 is 0.441 bits per heavy atom. The molecule has 0 radical (unpaired) electrons. The first-order valence-corrected chi connectivity index (χ1v) is 23.5. The molecule has 5 heteroatoms. The molecule has 13 aromatic rings. The maximum atomic E-state index is 6.76. The first-order chi connectivity index (χ1) is 33.6. The molecule has 10 aromatic carbocycles. The lowest BCUT2D eigenvalue weighted by Crippen LogP contribution is -2.19. The van der Waals surface area contributed by atoms with Crippen LogP contribution >= 0.6 is 0 Å². The maximum absolute atomic E-state index is 6.76. The third-order valence-corrected chi connectivity index (χ3v) is 14.1. The van der Waals surface area contributed by atoms with Crippen LogP contribution in [0.3, 0.4) is 0 Å². The first kappa shape index (κ1) is 38.5. The quantitative estimate of drug-likeness (QED) is 0.170. The molecule has 1 aliphatic heterocycles. The highest BCUT2D eigenvalue weighted by molar-refractivity contribution is 6.26. The van der Waals surface area contributed by atoms with Gasteiger partial charge < -0.3 is 13.6 Å². The lowest BCUT2D eigenvalue weighted by molar-refractivity contribution is 0.668. The molecule has 1 unspecified atom stereocenters. The molecule has 0 bridgehead atoms. The van der Waals surface area contributed by atoms with E-state index in [-0.39, 0.29) is 5.92 Å². The Balaban J connectivity index is 1.11. The Bertz CT molecular complexity index is 4200. The van der Waals surface area contributed by atoms with Crippen molar-refractivity contribution >= 4 is 104 Å². The number of benzene rings is 10. The van der Waals surface area contributed by atoms with Gasteiger partial charge in [-0.25, -0.2) is 9.98 Å². The molecular formula is C63H42N4O. The standard InChI is InChI=1S/C63H42N4O/c1-39-31-32-53(40-17-4-2-5-18-40)64-63(48-27-16-29-55-61(48)47-26-12-14-28-54(47)66(55)45-23-6-3-7-24-45)65-62(39)52-37-51-46-25-13-15-30-59(46)68-60(51)38-58(52)67-56-35-43-21-10-8-19-41(43)33-49(56)50-34-42-20-9-11-22-44(42)36-57(50)67/h2-30,32-39H,31H2,1H3/b53-32+,64-63-,65-62+. The summed E-state index contributed by atoms with van der Waals surface area (Å²) in [4.78, 5) is 11.6. The Labute approximate surface area is 391 Å². The summed E-state index contributed by atoms with van der Waals surface area (Å²) < 4.78 is 11.6. The molecule has 68 heavy (non-hydrogen) atoms. The second-order valence-corrected chi connectivity index (χ2v) is 18.1. The van der Waals surface area contributed by atoms with Gasteiger partial charge in [-0.05, 0) is 94.2 Å². The summed E-state index contributed by atoms with van der Waals surface area (Å²) in [7, 11) is 0. The zero-order valence-electron chi connectivity index (χ0n) is 37.3. The molecule has 4 heterocycles. The third-order valence-electron chi connectivity index (χ3n) is 14.1. The van der Waals surface area contributed by atoms with Gasteiger partial charge in [0, 0.05) is 61.1 Å². The van der Waals surface area contributed by atoms with Gasteiger partial charge >= 0.3 is 0 Å². The molecule has 3 aromatic heterocycles. The normalized spacial score (nSPS) is 16.9. The molecule has 0 fully saturated rings. The van der Waals surface area contributed by atoms with E-state index in [0.717, 1.165) is 101 Å². The van der Waals surface area contributed by atoms with Crippen LogP contribution in [0.4, 0.5) is 0 Å². The van der Waals surface area contributed by atoms with E-state index in [9.17, 15) is 0 Å². The van der Waals surface area contributed by atoms with Gasteiger partial charge in [0.1, 0.15) is 11.2 Å². The molecule has 320 valence electrons. The first-order valence-electron chi connectivity index (χ1n) is 23.5. The van der Waals surface area contributed by atoms with Gasteiger partial charge in [0.2, 0.25) is 0 Å². The van der Waals surface area contributed by atoms with Gasteiger partial charge in [-0.1, -0.05) is 159 Å². The maximum Gasteiger partial charge on any atom is 0.160 e. The van der Waals surface area contributed by atoms with E-state index in [1.54, 1.807) is 0 Å². The zero-order valence-corrected chi connectivity index (χ0v) is 37.3. The summed E-state index contributed by atoms with van der Waals surface area (Å²) in [6, 6.07) is 76.2. The monoisotopic (exact) mass is 870 g/mol. The van der Waals surface area contributed by atoms with Crippen LogP contribution in [0.1, 0.15) is 30.0 Å². The van der Waals surface area contributed by atoms with Crippen LogP contribution in [0.5, 0.6) is 0 Å². The van der Waals surface area contributed by atoms with Crippen LogP contribution in [-0.2, 0) is 0 Å². The number of fused-ring (bicyclic) bond motifs is 11. The predicted octanol–water partition coefficient (Wildman–Crippen LogP) is 16.4. The zero-order chi connectivity index (χ0) is 44.9. The number of rotatable bonds is 5. The number of amidine groups is 1. The second-order valence-electron chi connectivity index (χ2n) is 18.1. The Morgan fingerprint density at radius 3 is 1.76 bits per heavy atom. The van der Waals surface area contributed by atoms with Crippen LogP contribution in [-0.4, -0.2) is 20.7 Å². The fraction of sp³-hybridized carbons (Fsp3) is 0.0476. The van der Waals surface area contributed by atoms with Crippen molar-refractivity contribution in [3.63, 3.8) is 0 Å². The Kier molecular flexibility index (Phi) is 8.56. The van der Waals surface area contributed by atoms with Crippen molar-refractivity contribution in [2.45, 2.75) is 13.3 Å². The summed E-state index contributed by atoms with van der Waals surface area (Å²) in [5, 5.41) is 11.6. The minimum Gasteiger partial charge on any atom is -0.456 e. The Morgan fingerprint density at radius 2 is 1.04 bits per heavy atom. The molecular weight excluding hydrogens is 829 g/mol. The molecule has 0 saturated heterocycles. The molecule has 1 atom stereocenters. The van der Waals surface area contributed by atoms with E-state index in [1.165, 1.54) is 32.3 Å². The summed E-state index contributed by atoms with van der Waals surface area (Å²) in [6.07, 6.45) is 3.05. The molecule has 14 rings (SSSR count). The smallest absolute Gasteiger partial charge is 0.160 e. The lowest BCUT2D eigenvalue weighted by Gasteiger charge is -2.22. The number of hydrogen-bond acceptors (Lipinski definition) is 3. The topological polar surface area (TPSA) is 47.7 Å². The molecule has 0 spiro atoms. The van der Waals surface area contributed by atoms with E-state index in [4.69, 9.17) is 14.4 Å². The molecule has 0 aliphatic carbocycles.